The summed E-state index contributed by atoms with van der Waals surface area (Å²) in [5, 5.41) is 3.15. The van der Waals surface area contributed by atoms with Gasteiger partial charge in [-0.15, -0.1) is 0 Å². The Kier molecular flexibility index (Phi) is 3.59. The number of nitrogens with zero attached hydrogens (tertiary/aromatic N) is 4. The summed E-state index contributed by atoms with van der Waals surface area (Å²) in [6, 6.07) is 3.93. The predicted molar refractivity (Wildman–Crippen MR) is 75.6 cm³/mol. The van der Waals surface area contributed by atoms with E-state index in [4.69, 9.17) is 0 Å². The van der Waals surface area contributed by atoms with Gasteiger partial charge in [-0.1, -0.05) is 0 Å². The van der Waals surface area contributed by atoms with E-state index in [1.165, 1.54) is 6.20 Å². The quantitative estimate of drug-likeness (QED) is 0.944. The van der Waals surface area contributed by atoms with Crippen LogP contribution in [0.3, 0.4) is 0 Å². The van der Waals surface area contributed by atoms with Crippen molar-refractivity contribution in [1.29, 1.82) is 0 Å². The highest BCUT2D eigenvalue weighted by molar-refractivity contribution is 5.47. The highest BCUT2D eigenvalue weighted by Crippen LogP contribution is 2.31. The lowest BCUT2D eigenvalue weighted by Gasteiger charge is -2.40. The SMILES string of the molecule is Cc1ccnc(NC2CN(c3cc(C(F)(F)F)ccn3)C2)n1. The number of nitrogens with one attached hydrogen (secondary N) is 1. The first-order valence-electron chi connectivity index (χ1n) is 6.76. The molecule has 2 aromatic rings. The number of aromatic nitrogens is 3. The molecule has 1 N–H and O–H groups in total. The smallest absolute Gasteiger partial charge is 0.352 e. The first-order valence-corrected chi connectivity index (χ1v) is 6.76. The van der Waals surface area contributed by atoms with Gasteiger partial charge < -0.3 is 10.2 Å². The second-order valence-corrected chi connectivity index (χ2v) is 5.17. The summed E-state index contributed by atoms with van der Waals surface area (Å²) in [6.07, 6.45) is -1.51. The van der Waals surface area contributed by atoms with Gasteiger partial charge in [-0.2, -0.15) is 13.2 Å². The number of anilines is 2. The van der Waals surface area contributed by atoms with Crippen LogP contribution in [0.5, 0.6) is 0 Å². The van der Waals surface area contributed by atoms with Crippen molar-refractivity contribution in [3.63, 3.8) is 0 Å². The summed E-state index contributed by atoms with van der Waals surface area (Å²) in [5.74, 6) is 0.861. The molecule has 1 aliphatic rings. The second-order valence-electron chi connectivity index (χ2n) is 5.17. The van der Waals surface area contributed by atoms with Crippen molar-refractivity contribution >= 4 is 11.8 Å². The van der Waals surface area contributed by atoms with Crippen LogP contribution in [0.1, 0.15) is 11.3 Å². The molecule has 0 aromatic carbocycles. The lowest BCUT2D eigenvalue weighted by Crippen LogP contribution is -2.55. The van der Waals surface area contributed by atoms with E-state index in [9.17, 15) is 13.2 Å². The number of pyridine rings is 1. The Hall–Kier alpha value is -2.38. The molecule has 8 heteroatoms. The van der Waals surface area contributed by atoms with Crippen LogP contribution in [0.15, 0.2) is 30.6 Å². The molecule has 5 nitrogen and oxygen atoms in total. The first kappa shape index (κ1) is 14.6. The van der Waals surface area contributed by atoms with Crippen molar-refractivity contribution in [2.24, 2.45) is 0 Å². The molecule has 0 radical (unpaired) electrons. The molecule has 1 fully saturated rings. The molecule has 0 unspecified atom stereocenters. The maximum atomic E-state index is 12.7. The van der Waals surface area contributed by atoms with Crippen LogP contribution < -0.4 is 10.2 Å². The normalized spacial score (nSPS) is 15.5. The fraction of sp³-hybridized carbons (Fsp3) is 0.357. The topological polar surface area (TPSA) is 53.9 Å². The summed E-state index contributed by atoms with van der Waals surface area (Å²) >= 11 is 0. The van der Waals surface area contributed by atoms with E-state index in [0.717, 1.165) is 17.8 Å². The van der Waals surface area contributed by atoms with Crippen LogP contribution in [0, 0.1) is 6.92 Å². The molecule has 3 heterocycles. The molecule has 0 spiro atoms. The highest BCUT2D eigenvalue weighted by atomic mass is 19.4. The minimum absolute atomic E-state index is 0.0955. The average molecular weight is 309 g/mol. The van der Waals surface area contributed by atoms with Gasteiger partial charge in [-0.25, -0.2) is 15.0 Å². The third kappa shape index (κ3) is 3.10. The summed E-state index contributed by atoms with van der Waals surface area (Å²) in [6.45, 7) is 2.99. The molecular weight excluding hydrogens is 295 g/mol. The van der Waals surface area contributed by atoms with E-state index >= 15 is 0 Å². The molecule has 3 rings (SSSR count). The Balaban J connectivity index is 1.62. The van der Waals surface area contributed by atoms with E-state index in [2.05, 4.69) is 20.3 Å². The standard InChI is InChI=1S/C14H14F3N5/c1-9-2-4-19-13(20-9)21-11-7-22(8-11)12-6-10(3-5-18-12)14(15,16)17/h2-6,11H,7-8H2,1H3,(H,19,20,21). The van der Waals surface area contributed by atoms with Gasteiger partial charge >= 0.3 is 6.18 Å². The Labute approximate surface area is 125 Å². The largest absolute Gasteiger partial charge is 0.416 e. The zero-order valence-corrected chi connectivity index (χ0v) is 11.8. The summed E-state index contributed by atoms with van der Waals surface area (Å²) in [7, 11) is 0. The van der Waals surface area contributed by atoms with Gasteiger partial charge in [0.05, 0.1) is 11.6 Å². The van der Waals surface area contributed by atoms with Gasteiger partial charge in [0.15, 0.2) is 0 Å². The zero-order chi connectivity index (χ0) is 15.7. The van der Waals surface area contributed by atoms with Crippen molar-refractivity contribution in [2.45, 2.75) is 19.1 Å². The number of hydrogen-bond acceptors (Lipinski definition) is 5. The molecule has 22 heavy (non-hydrogen) atoms. The van der Waals surface area contributed by atoms with Gasteiger partial charge in [0.2, 0.25) is 5.95 Å². The average Bonchev–Trinajstić information content (AvgIpc) is 2.42. The predicted octanol–water partition coefficient (Wildman–Crippen LogP) is 2.50. The van der Waals surface area contributed by atoms with E-state index in [1.807, 2.05) is 6.92 Å². The van der Waals surface area contributed by atoms with Crippen molar-refractivity contribution in [3.05, 3.63) is 41.9 Å². The van der Waals surface area contributed by atoms with Crippen molar-refractivity contribution in [3.8, 4) is 0 Å². The van der Waals surface area contributed by atoms with Gasteiger partial charge in [0.1, 0.15) is 5.82 Å². The second kappa shape index (κ2) is 5.43. The molecule has 1 aliphatic heterocycles. The molecule has 0 saturated carbocycles. The van der Waals surface area contributed by atoms with Crippen LogP contribution in [0.4, 0.5) is 24.9 Å². The third-order valence-corrected chi connectivity index (χ3v) is 3.41. The van der Waals surface area contributed by atoms with Crippen LogP contribution in [0.25, 0.3) is 0 Å². The van der Waals surface area contributed by atoms with Gasteiger partial charge in [-0.3, -0.25) is 0 Å². The molecule has 0 bridgehead atoms. The zero-order valence-electron chi connectivity index (χ0n) is 11.8. The molecule has 2 aromatic heterocycles. The van der Waals surface area contributed by atoms with E-state index in [-0.39, 0.29) is 6.04 Å². The Morgan fingerprint density at radius 3 is 2.59 bits per heavy atom. The molecular formula is C14H14F3N5. The maximum absolute atomic E-state index is 12.7. The first-order chi connectivity index (χ1) is 10.4. The van der Waals surface area contributed by atoms with Crippen molar-refractivity contribution in [2.75, 3.05) is 23.3 Å². The number of aryl methyl sites for hydroxylation is 1. The highest BCUT2D eigenvalue weighted by Gasteiger charge is 2.33. The van der Waals surface area contributed by atoms with Crippen LogP contribution in [0.2, 0.25) is 0 Å². The Bertz CT molecular complexity index is 668. The maximum Gasteiger partial charge on any atom is 0.416 e. The minimum Gasteiger partial charge on any atom is -0.352 e. The van der Waals surface area contributed by atoms with Gasteiger partial charge in [0, 0.05) is 31.2 Å². The van der Waals surface area contributed by atoms with E-state index < -0.39 is 11.7 Å². The van der Waals surface area contributed by atoms with Crippen LogP contribution in [-0.4, -0.2) is 34.1 Å². The van der Waals surface area contributed by atoms with Gasteiger partial charge in [0.25, 0.3) is 0 Å². The van der Waals surface area contributed by atoms with Crippen LogP contribution in [-0.2, 0) is 6.18 Å². The summed E-state index contributed by atoms with van der Waals surface area (Å²) in [5.41, 5.74) is 0.171. The molecule has 0 atom stereocenters. The van der Waals surface area contributed by atoms with Crippen molar-refractivity contribution < 1.29 is 13.2 Å². The lowest BCUT2D eigenvalue weighted by atomic mass is 10.1. The summed E-state index contributed by atoms with van der Waals surface area (Å²) < 4.78 is 38.0. The number of halogens is 3. The lowest BCUT2D eigenvalue weighted by molar-refractivity contribution is -0.137. The van der Waals surface area contributed by atoms with Gasteiger partial charge in [-0.05, 0) is 25.1 Å². The monoisotopic (exact) mass is 309 g/mol. The summed E-state index contributed by atoms with van der Waals surface area (Å²) in [4.78, 5) is 14.1. The number of rotatable bonds is 3. The Morgan fingerprint density at radius 2 is 1.91 bits per heavy atom. The Morgan fingerprint density at radius 1 is 1.18 bits per heavy atom. The fourth-order valence-electron chi connectivity index (χ4n) is 2.23. The molecule has 0 aliphatic carbocycles. The number of hydrogen-bond donors (Lipinski definition) is 1. The number of alkyl halides is 3. The van der Waals surface area contributed by atoms with E-state index in [1.54, 1.807) is 17.2 Å². The van der Waals surface area contributed by atoms with E-state index in [0.29, 0.717) is 24.9 Å². The third-order valence-electron chi connectivity index (χ3n) is 3.41. The molecule has 116 valence electrons. The fourth-order valence-corrected chi connectivity index (χ4v) is 2.23. The molecule has 1 saturated heterocycles. The minimum atomic E-state index is -4.35. The van der Waals surface area contributed by atoms with Crippen molar-refractivity contribution in [1.82, 2.24) is 15.0 Å². The molecule has 0 amide bonds. The van der Waals surface area contributed by atoms with Crippen LogP contribution >= 0.6 is 0 Å².